The predicted molar refractivity (Wildman–Crippen MR) is 75.6 cm³/mol. The Bertz CT molecular complexity index is 404. The number of aryl methyl sites for hydroxylation is 1. The van der Waals surface area contributed by atoms with Gasteiger partial charge in [-0.05, 0) is 37.1 Å². The summed E-state index contributed by atoms with van der Waals surface area (Å²) in [5, 5.41) is 3.37. The van der Waals surface area contributed by atoms with Crippen molar-refractivity contribution >= 4 is 11.6 Å². The maximum absolute atomic E-state index is 10.9. The number of hydrogen-bond acceptors (Lipinski definition) is 3. The molecule has 0 saturated heterocycles. The molecule has 1 aromatic carbocycles. The molecular weight excluding hydrogens is 226 g/mol. The van der Waals surface area contributed by atoms with Crippen LogP contribution in [0, 0.1) is 6.92 Å². The molecular formula is C14H23N3O. The quantitative estimate of drug-likeness (QED) is 0.718. The van der Waals surface area contributed by atoms with Gasteiger partial charge < -0.3 is 16.0 Å². The fourth-order valence-corrected chi connectivity index (χ4v) is 1.98. The van der Waals surface area contributed by atoms with E-state index in [0.717, 1.165) is 30.8 Å². The average molecular weight is 249 g/mol. The molecule has 1 rings (SSSR count). The van der Waals surface area contributed by atoms with E-state index in [0.29, 0.717) is 0 Å². The van der Waals surface area contributed by atoms with Crippen LogP contribution >= 0.6 is 0 Å². The second kappa shape index (κ2) is 7.01. The van der Waals surface area contributed by atoms with Crippen LogP contribution in [-0.2, 0) is 11.3 Å². The fraction of sp³-hybridized carbons (Fsp3) is 0.500. The van der Waals surface area contributed by atoms with Crippen molar-refractivity contribution in [3.63, 3.8) is 0 Å². The average Bonchev–Trinajstić information content (AvgIpc) is 2.28. The molecule has 0 aliphatic heterocycles. The van der Waals surface area contributed by atoms with Crippen molar-refractivity contribution in [3.05, 3.63) is 29.3 Å². The number of benzene rings is 1. The number of anilines is 1. The van der Waals surface area contributed by atoms with Crippen molar-refractivity contribution in [2.24, 2.45) is 5.73 Å². The van der Waals surface area contributed by atoms with Crippen LogP contribution in [0.25, 0.3) is 0 Å². The molecule has 0 saturated carbocycles. The summed E-state index contributed by atoms with van der Waals surface area (Å²) in [5.41, 5.74) is 8.67. The summed E-state index contributed by atoms with van der Waals surface area (Å²) in [6.45, 7) is 6.36. The zero-order valence-corrected chi connectivity index (χ0v) is 11.5. The first kappa shape index (κ1) is 14.5. The van der Waals surface area contributed by atoms with E-state index in [1.165, 1.54) is 5.56 Å². The zero-order valence-electron chi connectivity index (χ0n) is 11.5. The number of nitrogens with zero attached hydrogens (tertiary/aromatic N) is 1. The van der Waals surface area contributed by atoms with Gasteiger partial charge in [0.1, 0.15) is 0 Å². The minimum absolute atomic E-state index is 0.244. The minimum Gasteiger partial charge on any atom is -0.368 e. The highest BCUT2D eigenvalue weighted by Gasteiger charge is 2.07. The lowest BCUT2D eigenvalue weighted by atomic mass is 10.1. The summed E-state index contributed by atoms with van der Waals surface area (Å²) in [4.78, 5) is 12.8. The number of amides is 1. The minimum atomic E-state index is -0.314. The second-order valence-electron chi connectivity index (χ2n) is 4.62. The maximum atomic E-state index is 10.9. The number of likely N-dealkylation sites (N-methyl/N-ethyl adjacent to an activating group) is 1. The summed E-state index contributed by atoms with van der Waals surface area (Å²) < 4.78 is 0. The molecule has 100 valence electrons. The molecule has 0 heterocycles. The van der Waals surface area contributed by atoms with Gasteiger partial charge in [0.2, 0.25) is 5.91 Å². The number of hydrogen-bond donors (Lipinski definition) is 2. The van der Waals surface area contributed by atoms with Crippen LogP contribution in [0.3, 0.4) is 0 Å². The van der Waals surface area contributed by atoms with Gasteiger partial charge in [-0.15, -0.1) is 0 Å². The van der Waals surface area contributed by atoms with Crippen LogP contribution < -0.4 is 16.0 Å². The van der Waals surface area contributed by atoms with Crippen LogP contribution in [-0.4, -0.2) is 26.0 Å². The largest absolute Gasteiger partial charge is 0.368 e. The first-order valence-corrected chi connectivity index (χ1v) is 6.34. The van der Waals surface area contributed by atoms with E-state index in [1.807, 2.05) is 18.0 Å². The molecule has 1 aromatic rings. The molecule has 0 fully saturated rings. The number of nitrogens with one attached hydrogen (secondary N) is 1. The Morgan fingerprint density at radius 3 is 2.72 bits per heavy atom. The highest BCUT2D eigenvalue weighted by molar-refractivity contribution is 5.79. The number of rotatable bonds is 7. The van der Waals surface area contributed by atoms with Gasteiger partial charge in [-0.1, -0.05) is 19.1 Å². The topological polar surface area (TPSA) is 58.4 Å². The van der Waals surface area contributed by atoms with Gasteiger partial charge in [-0.25, -0.2) is 0 Å². The molecule has 1 amide bonds. The van der Waals surface area contributed by atoms with Gasteiger partial charge >= 0.3 is 0 Å². The highest BCUT2D eigenvalue weighted by Crippen LogP contribution is 2.19. The number of carbonyl (C=O) groups is 1. The van der Waals surface area contributed by atoms with E-state index in [1.54, 1.807) is 0 Å². The molecule has 0 bridgehead atoms. The lowest BCUT2D eigenvalue weighted by molar-refractivity contribution is -0.116. The molecule has 0 aliphatic rings. The highest BCUT2D eigenvalue weighted by atomic mass is 16.1. The predicted octanol–water partition coefficient (Wildman–Crippen LogP) is 1.42. The molecule has 3 N–H and O–H groups in total. The lowest BCUT2D eigenvalue weighted by Crippen LogP contribution is -2.30. The van der Waals surface area contributed by atoms with E-state index in [9.17, 15) is 4.79 Å². The Labute approximate surface area is 109 Å². The second-order valence-corrected chi connectivity index (χ2v) is 4.62. The molecule has 0 aliphatic carbocycles. The normalized spacial score (nSPS) is 10.4. The van der Waals surface area contributed by atoms with E-state index >= 15 is 0 Å². The molecule has 0 atom stereocenters. The van der Waals surface area contributed by atoms with Crippen molar-refractivity contribution in [1.82, 2.24) is 5.32 Å². The van der Waals surface area contributed by atoms with E-state index in [-0.39, 0.29) is 12.5 Å². The zero-order chi connectivity index (χ0) is 13.5. The van der Waals surface area contributed by atoms with Gasteiger partial charge in [0, 0.05) is 19.3 Å². The summed E-state index contributed by atoms with van der Waals surface area (Å²) in [6, 6.07) is 6.28. The Morgan fingerprint density at radius 2 is 2.17 bits per heavy atom. The third-order valence-corrected chi connectivity index (χ3v) is 2.82. The number of primary amides is 1. The van der Waals surface area contributed by atoms with Crippen LogP contribution in [0.2, 0.25) is 0 Å². The Morgan fingerprint density at radius 1 is 1.44 bits per heavy atom. The Hall–Kier alpha value is -1.55. The summed E-state index contributed by atoms with van der Waals surface area (Å²) in [5.74, 6) is -0.314. The monoisotopic (exact) mass is 249 g/mol. The smallest absolute Gasteiger partial charge is 0.236 e. The van der Waals surface area contributed by atoms with Gasteiger partial charge in [-0.2, -0.15) is 0 Å². The standard InChI is InChI=1S/C14H23N3O/c1-4-7-16-9-12-5-6-13(11(2)8-12)17(3)10-14(15)18/h5-6,8,16H,4,7,9-10H2,1-3H3,(H2,15,18). The van der Waals surface area contributed by atoms with Gasteiger partial charge in [0.25, 0.3) is 0 Å². The molecule has 0 unspecified atom stereocenters. The van der Waals surface area contributed by atoms with Crippen LogP contribution in [0.4, 0.5) is 5.69 Å². The maximum Gasteiger partial charge on any atom is 0.236 e. The molecule has 0 spiro atoms. The van der Waals surface area contributed by atoms with Crippen molar-refractivity contribution in [3.8, 4) is 0 Å². The lowest BCUT2D eigenvalue weighted by Gasteiger charge is -2.20. The number of nitrogens with two attached hydrogens (primary N) is 1. The summed E-state index contributed by atoms with van der Waals surface area (Å²) in [6.07, 6.45) is 1.14. The third-order valence-electron chi connectivity index (χ3n) is 2.82. The molecule has 0 radical (unpaired) electrons. The first-order chi connectivity index (χ1) is 8.54. The van der Waals surface area contributed by atoms with Crippen molar-refractivity contribution in [2.75, 3.05) is 25.0 Å². The molecule has 18 heavy (non-hydrogen) atoms. The van der Waals surface area contributed by atoms with Crippen LogP contribution in [0.15, 0.2) is 18.2 Å². The molecule has 0 aromatic heterocycles. The van der Waals surface area contributed by atoms with E-state index in [4.69, 9.17) is 5.73 Å². The van der Waals surface area contributed by atoms with Gasteiger partial charge in [0.15, 0.2) is 0 Å². The number of carbonyl (C=O) groups excluding carboxylic acids is 1. The fourth-order valence-electron chi connectivity index (χ4n) is 1.98. The Balaban J connectivity index is 2.69. The molecule has 4 heteroatoms. The van der Waals surface area contributed by atoms with E-state index < -0.39 is 0 Å². The van der Waals surface area contributed by atoms with Crippen LogP contribution in [0.1, 0.15) is 24.5 Å². The van der Waals surface area contributed by atoms with Crippen molar-refractivity contribution in [1.29, 1.82) is 0 Å². The SMILES string of the molecule is CCCNCc1ccc(N(C)CC(N)=O)c(C)c1. The van der Waals surface area contributed by atoms with Gasteiger partial charge in [0.05, 0.1) is 6.54 Å². The van der Waals surface area contributed by atoms with Crippen LogP contribution in [0.5, 0.6) is 0 Å². The summed E-state index contributed by atoms with van der Waals surface area (Å²) in [7, 11) is 1.88. The summed E-state index contributed by atoms with van der Waals surface area (Å²) >= 11 is 0. The van der Waals surface area contributed by atoms with Crippen molar-refractivity contribution in [2.45, 2.75) is 26.8 Å². The van der Waals surface area contributed by atoms with Gasteiger partial charge in [-0.3, -0.25) is 4.79 Å². The Kier molecular flexibility index (Phi) is 5.65. The third kappa shape index (κ3) is 4.37. The first-order valence-electron chi connectivity index (χ1n) is 6.34. The van der Waals surface area contributed by atoms with Crippen molar-refractivity contribution < 1.29 is 4.79 Å². The van der Waals surface area contributed by atoms with E-state index in [2.05, 4.69) is 31.3 Å². The molecule has 4 nitrogen and oxygen atoms in total.